The van der Waals surface area contributed by atoms with Gasteiger partial charge in [-0.1, -0.05) is 12.1 Å². The topological polar surface area (TPSA) is 57.2 Å². The second-order valence-electron chi connectivity index (χ2n) is 6.48. The SMILES string of the molecule is N#CCCc1c(CN2CCCC2c2ccccn2)nc2ccccn12. The van der Waals surface area contributed by atoms with Gasteiger partial charge >= 0.3 is 0 Å². The first-order valence-electron chi connectivity index (χ1n) is 8.83. The van der Waals surface area contributed by atoms with Gasteiger partial charge in [0.05, 0.1) is 23.5 Å². The highest BCUT2D eigenvalue weighted by Gasteiger charge is 2.28. The Labute approximate surface area is 147 Å². The van der Waals surface area contributed by atoms with Crippen LogP contribution in [0.3, 0.4) is 0 Å². The summed E-state index contributed by atoms with van der Waals surface area (Å²) in [7, 11) is 0. The molecule has 1 saturated heterocycles. The lowest BCUT2D eigenvalue weighted by molar-refractivity contribution is 0.241. The van der Waals surface area contributed by atoms with Crippen LogP contribution in [0, 0.1) is 11.3 Å². The smallest absolute Gasteiger partial charge is 0.137 e. The average Bonchev–Trinajstić information content (AvgIpc) is 3.25. The van der Waals surface area contributed by atoms with E-state index in [1.807, 2.05) is 36.7 Å². The van der Waals surface area contributed by atoms with E-state index < -0.39 is 0 Å². The van der Waals surface area contributed by atoms with E-state index in [0.717, 1.165) is 48.7 Å². The van der Waals surface area contributed by atoms with Gasteiger partial charge in [0.1, 0.15) is 5.65 Å². The monoisotopic (exact) mass is 331 g/mol. The molecule has 0 bridgehead atoms. The van der Waals surface area contributed by atoms with Crippen molar-refractivity contribution in [3.05, 3.63) is 65.9 Å². The molecule has 0 radical (unpaired) electrons. The van der Waals surface area contributed by atoms with Crippen LogP contribution < -0.4 is 0 Å². The third kappa shape index (κ3) is 3.13. The van der Waals surface area contributed by atoms with Crippen LogP contribution in [0.4, 0.5) is 0 Å². The minimum Gasteiger partial charge on any atom is -0.304 e. The Bertz CT molecular complexity index is 893. The summed E-state index contributed by atoms with van der Waals surface area (Å²) in [6, 6.07) is 14.8. The summed E-state index contributed by atoms with van der Waals surface area (Å²) in [4.78, 5) is 11.9. The van der Waals surface area contributed by atoms with Crippen LogP contribution in [-0.4, -0.2) is 25.8 Å². The molecular weight excluding hydrogens is 310 g/mol. The molecule has 0 N–H and O–H groups in total. The number of aromatic nitrogens is 3. The Morgan fingerprint density at radius 1 is 1.20 bits per heavy atom. The zero-order chi connectivity index (χ0) is 17.1. The van der Waals surface area contributed by atoms with Gasteiger partial charge in [0.2, 0.25) is 0 Å². The predicted molar refractivity (Wildman–Crippen MR) is 95.7 cm³/mol. The minimum absolute atomic E-state index is 0.356. The van der Waals surface area contributed by atoms with Gasteiger partial charge in [0.15, 0.2) is 0 Å². The molecule has 0 spiro atoms. The molecule has 0 amide bonds. The summed E-state index contributed by atoms with van der Waals surface area (Å²) < 4.78 is 2.12. The fourth-order valence-corrected chi connectivity index (χ4v) is 3.78. The molecule has 1 fully saturated rings. The first kappa shape index (κ1) is 15.8. The van der Waals surface area contributed by atoms with Gasteiger partial charge in [-0.3, -0.25) is 9.88 Å². The number of nitriles is 1. The van der Waals surface area contributed by atoms with Crippen molar-refractivity contribution in [3.8, 4) is 6.07 Å². The number of imidazole rings is 1. The van der Waals surface area contributed by atoms with Crippen molar-refractivity contribution < 1.29 is 0 Å². The normalized spacial score (nSPS) is 17.8. The van der Waals surface area contributed by atoms with Crippen molar-refractivity contribution in [1.82, 2.24) is 19.3 Å². The van der Waals surface area contributed by atoms with Crippen molar-refractivity contribution >= 4 is 5.65 Å². The minimum atomic E-state index is 0.356. The number of likely N-dealkylation sites (tertiary alicyclic amines) is 1. The molecule has 5 heteroatoms. The fraction of sp³-hybridized carbons (Fsp3) is 0.350. The molecule has 0 aliphatic carbocycles. The Balaban J connectivity index is 1.64. The molecular formula is C20H21N5. The third-order valence-electron chi connectivity index (χ3n) is 4.93. The molecule has 3 aromatic rings. The van der Waals surface area contributed by atoms with Crippen molar-refractivity contribution in [1.29, 1.82) is 5.26 Å². The van der Waals surface area contributed by atoms with Gasteiger partial charge in [-0.05, 0) is 43.7 Å². The predicted octanol–water partition coefficient (Wildman–Crippen LogP) is 3.52. The third-order valence-corrected chi connectivity index (χ3v) is 4.93. The van der Waals surface area contributed by atoms with Crippen molar-refractivity contribution in [3.63, 3.8) is 0 Å². The van der Waals surface area contributed by atoms with E-state index in [2.05, 4.69) is 32.5 Å². The van der Waals surface area contributed by atoms with E-state index in [9.17, 15) is 0 Å². The summed E-state index contributed by atoms with van der Waals surface area (Å²) in [5.74, 6) is 0. The molecule has 1 atom stereocenters. The number of nitrogens with zero attached hydrogens (tertiary/aromatic N) is 5. The zero-order valence-corrected chi connectivity index (χ0v) is 14.2. The van der Waals surface area contributed by atoms with Crippen LogP contribution in [0.5, 0.6) is 0 Å². The van der Waals surface area contributed by atoms with Gasteiger partial charge < -0.3 is 4.40 Å². The lowest BCUT2D eigenvalue weighted by Crippen LogP contribution is -2.24. The van der Waals surface area contributed by atoms with Gasteiger partial charge in [-0.15, -0.1) is 0 Å². The van der Waals surface area contributed by atoms with E-state index in [1.165, 1.54) is 6.42 Å². The molecule has 25 heavy (non-hydrogen) atoms. The summed E-state index contributed by atoms with van der Waals surface area (Å²) >= 11 is 0. The lowest BCUT2D eigenvalue weighted by atomic mass is 10.1. The molecule has 0 aromatic carbocycles. The first-order valence-corrected chi connectivity index (χ1v) is 8.83. The fourth-order valence-electron chi connectivity index (χ4n) is 3.78. The largest absolute Gasteiger partial charge is 0.304 e. The highest BCUT2D eigenvalue weighted by molar-refractivity contribution is 5.43. The average molecular weight is 331 g/mol. The van der Waals surface area contributed by atoms with Crippen LogP contribution in [0.1, 0.15) is 42.4 Å². The highest BCUT2D eigenvalue weighted by atomic mass is 15.2. The molecule has 4 heterocycles. The Morgan fingerprint density at radius 2 is 2.12 bits per heavy atom. The first-order chi connectivity index (χ1) is 12.4. The molecule has 126 valence electrons. The number of fused-ring (bicyclic) bond motifs is 1. The van der Waals surface area contributed by atoms with E-state index in [-0.39, 0.29) is 0 Å². The summed E-state index contributed by atoms with van der Waals surface area (Å²) in [6.45, 7) is 1.87. The maximum absolute atomic E-state index is 9.00. The maximum atomic E-state index is 9.00. The molecule has 0 saturated carbocycles. The van der Waals surface area contributed by atoms with Crippen molar-refractivity contribution in [2.45, 2.75) is 38.3 Å². The van der Waals surface area contributed by atoms with Gasteiger partial charge in [0, 0.05) is 37.5 Å². The number of hydrogen-bond donors (Lipinski definition) is 0. The Hall–Kier alpha value is -2.71. The Morgan fingerprint density at radius 3 is 2.96 bits per heavy atom. The van der Waals surface area contributed by atoms with Gasteiger partial charge in [-0.2, -0.15) is 5.26 Å². The highest BCUT2D eigenvalue weighted by Crippen LogP contribution is 2.32. The quantitative estimate of drug-likeness (QED) is 0.718. The number of hydrogen-bond acceptors (Lipinski definition) is 4. The van der Waals surface area contributed by atoms with E-state index in [4.69, 9.17) is 10.2 Å². The van der Waals surface area contributed by atoms with Crippen molar-refractivity contribution in [2.24, 2.45) is 0 Å². The standard InChI is InChI=1S/C20H21N5/c21-11-5-8-19-17(23-20-10-2-4-14-25(19)20)15-24-13-6-9-18(24)16-7-1-3-12-22-16/h1-4,7,10,12,14,18H,5-6,8-9,13,15H2. The molecule has 4 rings (SSSR count). The van der Waals surface area contributed by atoms with E-state index >= 15 is 0 Å². The molecule has 1 aliphatic rings. The zero-order valence-electron chi connectivity index (χ0n) is 14.2. The summed E-state index contributed by atoms with van der Waals surface area (Å²) in [6.07, 6.45) is 7.48. The van der Waals surface area contributed by atoms with E-state index in [0.29, 0.717) is 12.5 Å². The van der Waals surface area contributed by atoms with Crippen LogP contribution in [-0.2, 0) is 13.0 Å². The van der Waals surface area contributed by atoms with Crippen LogP contribution >= 0.6 is 0 Å². The second kappa shape index (κ2) is 7.04. The van der Waals surface area contributed by atoms with Gasteiger partial charge in [0.25, 0.3) is 0 Å². The van der Waals surface area contributed by atoms with Crippen LogP contribution in [0.15, 0.2) is 48.8 Å². The van der Waals surface area contributed by atoms with Gasteiger partial charge in [-0.25, -0.2) is 4.98 Å². The molecule has 5 nitrogen and oxygen atoms in total. The number of rotatable bonds is 5. The Kier molecular flexibility index (Phi) is 4.45. The van der Waals surface area contributed by atoms with Crippen LogP contribution in [0.2, 0.25) is 0 Å². The number of aryl methyl sites for hydroxylation is 1. The van der Waals surface area contributed by atoms with E-state index in [1.54, 1.807) is 0 Å². The lowest BCUT2D eigenvalue weighted by Gasteiger charge is -2.23. The number of pyridine rings is 2. The molecule has 1 aliphatic heterocycles. The summed E-state index contributed by atoms with van der Waals surface area (Å²) in [5.41, 5.74) is 4.34. The van der Waals surface area contributed by atoms with Crippen molar-refractivity contribution in [2.75, 3.05) is 6.54 Å². The molecule has 3 aromatic heterocycles. The molecule has 1 unspecified atom stereocenters. The maximum Gasteiger partial charge on any atom is 0.137 e. The summed E-state index contributed by atoms with van der Waals surface area (Å²) in [5, 5.41) is 9.00. The van der Waals surface area contributed by atoms with Crippen LogP contribution in [0.25, 0.3) is 5.65 Å². The second-order valence-corrected chi connectivity index (χ2v) is 6.48.